The van der Waals surface area contributed by atoms with Gasteiger partial charge in [-0.1, -0.05) is 11.6 Å². The highest BCUT2D eigenvalue weighted by Gasteiger charge is 2.19. The van der Waals surface area contributed by atoms with Crippen LogP contribution in [0.25, 0.3) is 0 Å². The normalized spacial score (nSPS) is 14.9. The van der Waals surface area contributed by atoms with Crippen LogP contribution in [0.15, 0.2) is 18.3 Å². The highest BCUT2D eigenvalue weighted by molar-refractivity contribution is 6.30. The van der Waals surface area contributed by atoms with Crippen LogP contribution >= 0.6 is 36.4 Å². The molecule has 0 bridgehead atoms. The third kappa shape index (κ3) is 3.56. The number of aromatic nitrogens is 1. The molecule has 0 spiro atoms. The molecule has 7 heteroatoms. The number of hydrogen-bond donors (Lipinski definition) is 1. The summed E-state index contributed by atoms with van der Waals surface area (Å²) in [6.07, 6.45) is 1.39. The Kier molecular flexibility index (Phi) is 6.83. The van der Waals surface area contributed by atoms with Crippen LogP contribution in [0, 0.1) is 5.21 Å². The standard InChI is InChI=1S/C9H12ClN3O.2ClH/c10-8-1-2-9(13(14)7-8)12-5-3-11-4-6-12;;/h1-2,7,11H,3-6H2;2*1H. The minimum atomic E-state index is 0. The Hall–Kier alpha value is -0.420. The summed E-state index contributed by atoms with van der Waals surface area (Å²) in [5.74, 6) is 0.677. The van der Waals surface area contributed by atoms with Crippen molar-refractivity contribution >= 4 is 42.2 Å². The summed E-state index contributed by atoms with van der Waals surface area (Å²) in [4.78, 5) is 2.06. The molecule has 0 aliphatic carbocycles. The Bertz CT molecular complexity index is 332. The van der Waals surface area contributed by atoms with Gasteiger partial charge >= 0.3 is 0 Å². The second-order valence-corrected chi connectivity index (χ2v) is 3.70. The zero-order chi connectivity index (χ0) is 9.97. The van der Waals surface area contributed by atoms with Crippen LogP contribution in [-0.4, -0.2) is 26.2 Å². The van der Waals surface area contributed by atoms with Gasteiger partial charge in [-0.15, -0.1) is 24.8 Å². The van der Waals surface area contributed by atoms with Crippen molar-refractivity contribution in [3.05, 3.63) is 28.6 Å². The summed E-state index contributed by atoms with van der Waals surface area (Å²) in [5, 5.41) is 15.2. The molecule has 0 aromatic carbocycles. The van der Waals surface area contributed by atoms with Crippen LogP contribution in [-0.2, 0) is 0 Å². The van der Waals surface area contributed by atoms with Crippen molar-refractivity contribution in [3.63, 3.8) is 0 Å². The van der Waals surface area contributed by atoms with E-state index in [1.165, 1.54) is 6.20 Å². The zero-order valence-electron chi connectivity index (χ0n) is 8.56. The van der Waals surface area contributed by atoms with E-state index in [1.807, 2.05) is 0 Å². The van der Waals surface area contributed by atoms with Gasteiger partial charge in [0.25, 0.3) is 5.82 Å². The first-order chi connectivity index (χ1) is 6.77. The quantitative estimate of drug-likeness (QED) is 0.624. The van der Waals surface area contributed by atoms with Gasteiger partial charge < -0.3 is 10.5 Å². The van der Waals surface area contributed by atoms with Crippen molar-refractivity contribution in [1.82, 2.24) is 5.32 Å². The van der Waals surface area contributed by atoms with E-state index >= 15 is 0 Å². The number of pyridine rings is 1. The molecule has 1 N–H and O–H groups in total. The molecule has 1 fully saturated rings. The average molecular weight is 287 g/mol. The Balaban J connectivity index is 0.00000112. The van der Waals surface area contributed by atoms with E-state index in [1.54, 1.807) is 12.1 Å². The van der Waals surface area contributed by atoms with Crippen molar-refractivity contribution < 1.29 is 4.73 Å². The van der Waals surface area contributed by atoms with E-state index in [-0.39, 0.29) is 24.8 Å². The molecule has 0 amide bonds. The van der Waals surface area contributed by atoms with Crippen molar-refractivity contribution in [2.45, 2.75) is 0 Å². The first-order valence-corrected chi connectivity index (χ1v) is 4.99. The molecule has 0 atom stereocenters. The predicted molar refractivity (Wildman–Crippen MR) is 70.0 cm³/mol. The van der Waals surface area contributed by atoms with Gasteiger partial charge in [0.15, 0.2) is 0 Å². The summed E-state index contributed by atoms with van der Waals surface area (Å²) in [7, 11) is 0. The average Bonchev–Trinajstić information content (AvgIpc) is 2.19. The van der Waals surface area contributed by atoms with E-state index in [0.29, 0.717) is 10.8 Å². The van der Waals surface area contributed by atoms with Crippen molar-refractivity contribution in [2.75, 3.05) is 31.1 Å². The third-order valence-electron chi connectivity index (χ3n) is 2.30. The van der Waals surface area contributed by atoms with E-state index < -0.39 is 0 Å². The second kappa shape index (κ2) is 7.01. The highest BCUT2D eigenvalue weighted by Crippen LogP contribution is 2.12. The number of hydrogen-bond acceptors (Lipinski definition) is 3. The largest absolute Gasteiger partial charge is 0.711 e. The van der Waals surface area contributed by atoms with Gasteiger partial charge in [-0.05, 0) is 6.07 Å². The minimum absolute atomic E-state index is 0. The molecule has 1 aromatic heterocycles. The maximum atomic E-state index is 11.5. The summed E-state index contributed by atoms with van der Waals surface area (Å²) < 4.78 is 0.827. The predicted octanol–water partition coefficient (Wildman–Crippen LogP) is 1.23. The number of rotatable bonds is 1. The number of nitrogens with one attached hydrogen (secondary N) is 1. The second-order valence-electron chi connectivity index (χ2n) is 3.27. The number of nitrogens with zero attached hydrogens (tertiary/aromatic N) is 2. The SMILES string of the molecule is Cl.Cl.[O-][n+]1cc(Cl)ccc1N1CCNCC1. The molecule has 1 aliphatic heterocycles. The molecule has 2 heterocycles. The maximum absolute atomic E-state index is 11.5. The highest BCUT2D eigenvalue weighted by atomic mass is 35.5. The summed E-state index contributed by atoms with van der Waals surface area (Å²) >= 11 is 5.70. The van der Waals surface area contributed by atoms with Gasteiger partial charge in [-0.25, -0.2) is 4.73 Å². The first kappa shape index (κ1) is 15.6. The van der Waals surface area contributed by atoms with Crippen LogP contribution in [0.2, 0.25) is 5.02 Å². The zero-order valence-corrected chi connectivity index (χ0v) is 10.9. The van der Waals surface area contributed by atoms with Gasteiger partial charge in [0.1, 0.15) is 6.20 Å². The molecule has 16 heavy (non-hydrogen) atoms. The fraction of sp³-hybridized carbons (Fsp3) is 0.444. The molecule has 92 valence electrons. The lowest BCUT2D eigenvalue weighted by Gasteiger charge is -2.24. The number of piperazine rings is 1. The molecule has 4 nitrogen and oxygen atoms in total. The van der Waals surface area contributed by atoms with Crippen LogP contribution in [0.1, 0.15) is 0 Å². The number of halogens is 3. The molecular formula is C9H14Cl3N3O. The monoisotopic (exact) mass is 285 g/mol. The Labute approximate surface area is 112 Å². The van der Waals surface area contributed by atoms with Gasteiger partial charge in [0.2, 0.25) is 0 Å². The van der Waals surface area contributed by atoms with Gasteiger partial charge in [-0.3, -0.25) is 4.90 Å². The van der Waals surface area contributed by atoms with Crippen molar-refractivity contribution in [2.24, 2.45) is 0 Å². The Morgan fingerprint density at radius 2 is 1.88 bits per heavy atom. The van der Waals surface area contributed by atoms with Gasteiger partial charge in [0, 0.05) is 19.2 Å². The Morgan fingerprint density at radius 1 is 1.25 bits per heavy atom. The van der Waals surface area contributed by atoms with Gasteiger partial charge in [-0.2, -0.15) is 0 Å². The fourth-order valence-electron chi connectivity index (χ4n) is 1.59. The molecule has 0 saturated carbocycles. The Morgan fingerprint density at radius 3 is 2.44 bits per heavy atom. The smallest absolute Gasteiger partial charge is 0.279 e. The molecule has 2 rings (SSSR count). The van der Waals surface area contributed by atoms with E-state index in [9.17, 15) is 5.21 Å². The van der Waals surface area contributed by atoms with E-state index in [4.69, 9.17) is 11.6 Å². The summed E-state index contributed by atoms with van der Waals surface area (Å²) in [6.45, 7) is 3.57. The molecule has 0 unspecified atom stereocenters. The van der Waals surface area contributed by atoms with Crippen LogP contribution in [0.3, 0.4) is 0 Å². The van der Waals surface area contributed by atoms with Crippen molar-refractivity contribution in [3.8, 4) is 0 Å². The van der Waals surface area contributed by atoms with E-state index in [2.05, 4.69) is 10.2 Å². The summed E-state index contributed by atoms with van der Waals surface area (Å²) in [6, 6.07) is 3.51. The lowest BCUT2D eigenvalue weighted by Crippen LogP contribution is -2.48. The van der Waals surface area contributed by atoms with Crippen LogP contribution in [0.4, 0.5) is 5.82 Å². The molecule has 1 saturated heterocycles. The van der Waals surface area contributed by atoms with Crippen LogP contribution < -0.4 is 14.9 Å². The van der Waals surface area contributed by atoms with Gasteiger partial charge in [0.05, 0.1) is 18.1 Å². The lowest BCUT2D eigenvalue weighted by molar-refractivity contribution is -0.592. The first-order valence-electron chi connectivity index (χ1n) is 4.62. The minimum Gasteiger partial charge on any atom is -0.711 e. The molecule has 1 aliphatic rings. The van der Waals surface area contributed by atoms with E-state index in [0.717, 1.165) is 30.9 Å². The molecule has 1 aromatic rings. The maximum Gasteiger partial charge on any atom is 0.279 e. The van der Waals surface area contributed by atoms with Crippen LogP contribution in [0.5, 0.6) is 0 Å². The molecule has 0 radical (unpaired) electrons. The number of anilines is 1. The lowest BCUT2D eigenvalue weighted by atomic mass is 10.3. The third-order valence-corrected chi connectivity index (χ3v) is 2.52. The fourth-order valence-corrected chi connectivity index (χ4v) is 1.74. The van der Waals surface area contributed by atoms with Crippen molar-refractivity contribution in [1.29, 1.82) is 0 Å². The molecular weight excluding hydrogens is 272 g/mol. The topological polar surface area (TPSA) is 42.2 Å². The summed E-state index contributed by atoms with van der Waals surface area (Å²) in [5.41, 5.74) is 0.